The Bertz CT molecular complexity index is 1240. The van der Waals surface area contributed by atoms with Crippen molar-refractivity contribution in [2.75, 3.05) is 10.6 Å². The van der Waals surface area contributed by atoms with Crippen LogP contribution in [0.4, 0.5) is 21.6 Å². The van der Waals surface area contributed by atoms with Gasteiger partial charge in [-0.15, -0.1) is 0 Å². The molecule has 0 unspecified atom stereocenters. The van der Waals surface area contributed by atoms with Crippen LogP contribution >= 0.6 is 0 Å². The smallest absolute Gasteiger partial charge is 0.255 e. The quantitative estimate of drug-likeness (QED) is 0.429. The van der Waals surface area contributed by atoms with Gasteiger partial charge in [-0.3, -0.25) is 4.79 Å². The number of nitrogens with one attached hydrogen (secondary N) is 2. The summed E-state index contributed by atoms with van der Waals surface area (Å²) in [5.41, 5.74) is 4.88. The van der Waals surface area contributed by atoms with Gasteiger partial charge < -0.3 is 10.6 Å². The van der Waals surface area contributed by atoms with Gasteiger partial charge in [0.05, 0.1) is 0 Å². The van der Waals surface area contributed by atoms with E-state index < -0.39 is 0 Å². The molecule has 2 N–H and O–H groups in total. The molecule has 6 heteroatoms. The molecule has 0 aliphatic heterocycles. The highest BCUT2D eigenvalue weighted by Gasteiger charge is 2.09. The van der Waals surface area contributed by atoms with E-state index in [4.69, 9.17) is 0 Å². The first-order chi connectivity index (χ1) is 15.0. The molecule has 1 heterocycles. The Labute approximate surface area is 180 Å². The average Bonchev–Trinajstić information content (AvgIpc) is 2.76. The van der Waals surface area contributed by atoms with E-state index in [-0.39, 0.29) is 11.7 Å². The van der Waals surface area contributed by atoms with Crippen LogP contribution in [0.2, 0.25) is 0 Å². The minimum atomic E-state index is -0.339. The molecule has 0 atom stereocenters. The van der Waals surface area contributed by atoms with Crippen LogP contribution in [-0.4, -0.2) is 15.9 Å². The van der Waals surface area contributed by atoms with Crippen LogP contribution in [0.5, 0.6) is 0 Å². The van der Waals surface area contributed by atoms with Gasteiger partial charge in [0.2, 0.25) is 0 Å². The van der Waals surface area contributed by atoms with Crippen LogP contribution < -0.4 is 10.6 Å². The number of rotatable bonds is 5. The standard InChI is InChI=1S/C25H21FN4O/c1-16-6-11-22(17(2)14-16)29-25(31)18-7-9-21(10-8-18)28-23-12-13-27-24(30-23)19-4-3-5-20(26)15-19/h3-15H,1-2H3,(H,29,31)(H,27,28,30). The van der Waals surface area contributed by atoms with Gasteiger partial charge >= 0.3 is 0 Å². The molecule has 4 aromatic rings. The van der Waals surface area contributed by atoms with Crippen molar-refractivity contribution in [2.24, 2.45) is 0 Å². The molecule has 0 spiro atoms. The zero-order valence-corrected chi connectivity index (χ0v) is 17.2. The van der Waals surface area contributed by atoms with Crippen molar-refractivity contribution < 1.29 is 9.18 Å². The highest BCUT2D eigenvalue weighted by atomic mass is 19.1. The Morgan fingerprint density at radius 1 is 0.935 bits per heavy atom. The molecule has 5 nitrogen and oxygen atoms in total. The summed E-state index contributed by atoms with van der Waals surface area (Å²) in [7, 11) is 0. The predicted molar refractivity (Wildman–Crippen MR) is 121 cm³/mol. The van der Waals surface area contributed by atoms with Crippen molar-refractivity contribution in [3.63, 3.8) is 0 Å². The number of anilines is 3. The molecule has 0 saturated heterocycles. The largest absolute Gasteiger partial charge is 0.340 e. The van der Waals surface area contributed by atoms with Crippen LogP contribution in [0.25, 0.3) is 11.4 Å². The van der Waals surface area contributed by atoms with Crippen molar-refractivity contribution in [3.8, 4) is 11.4 Å². The van der Waals surface area contributed by atoms with E-state index >= 15 is 0 Å². The molecular formula is C25H21FN4O. The number of benzene rings is 3. The van der Waals surface area contributed by atoms with Crippen LogP contribution in [0.1, 0.15) is 21.5 Å². The Kier molecular flexibility index (Phi) is 5.71. The molecule has 0 bridgehead atoms. The molecule has 0 aliphatic carbocycles. The molecule has 0 radical (unpaired) electrons. The van der Waals surface area contributed by atoms with E-state index in [1.54, 1.807) is 48.7 Å². The number of carbonyl (C=O) groups is 1. The number of aromatic nitrogens is 2. The third-order valence-electron chi connectivity index (χ3n) is 4.79. The fourth-order valence-electron chi connectivity index (χ4n) is 3.20. The molecule has 154 valence electrons. The predicted octanol–water partition coefficient (Wildman–Crippen LogP) is 5.90. The minimum absolute atomic E-state index is 0.172. The zero-order valence-electron chi connectivity index (χ0n) is 17.2. The van der Waals surface area contributed by atoms with E-state index in [0.29, 0.717) is 22.8 Å². The second-order valence-corrected chi connectivity index (χ2v) is 7.25. The van der Waals surface area contributed by atoms with E-state index in [9.17, 15) is 9.18 Å². The van der Waals surface area contributed by atoms with Crippen molar-refractivity contribution in [2.45, 2.75) is 13.8 Å². The number of amides is 1. The topological polar surface area (TPSA) is 66.9 Å². The van der Waals surface area contributed by atoms with Crippen molar-refractivity contribution in [1.82, 2.24) is 9.97 Å². The van der Waals surface area contributed by atoms with Crippen molar-refractivity contribution in [1.29, 1.82) is 0 Å². The number of hydrogen-bond donors (Lipinski definition) is 2. The van der Waals surface area contributed by atoms with Crippen LogP contribution in [0.3, 0.4) is 0 Å². The lowest BCUT2D eigenvalue weighted by Gasteiger charge is -2.10. The first-order valence-electron chi connectivity index (χ1n) is 9.82. The van der Waals surface area contributed by atoms with Crippen molar-refractivity contribution in [3.05, 3.63) is 102 Å². The summed E-state index contributed by atoms with van der Waals surface area (Å²) >= 11 is 0. The number of hydrogen-bond acceptors (Lipinski definition) is 4. The molecule has 3 aromatic carbocycles. The van der Waals surface area contributed by atoms with Gasteiger partial charge in [0.15, 0.2) is 5.82 Å². The van der Waals surface area contributed by atoms with E-state index in [1.807, 2.05) is 32.0 Å². The fourth-order valence-corrected chi connectivity index (χ4v) is 3.20. The van der Waals surface area contributed by atoms with Gasteiger partial charge in [0.25, 0.3) is 5.91 Å². The Morgan fingerprint density at radius 2 is 1.74 bits per heavy atom. The number of nitrogens with zero attached hydrogens (tertiary/aromatic N) is 2. The maximum Gasteiger partial charge on any atom is 0.255 e. The summed E-state index contributed by atoms with van der Waals surface area (Å²) in [5, 5.41) is 6.13. The Hall–Kier alpha value is -4.06. The summed E-state index contributed by atoms with van der Waals surface area (Å²) in [6.07, 6.45) is 1.61. The summed E-state index contributed by atoms with van der Waals surface area (Å²) < 4.78 is 13.5. The summed E-state index contributed by atoms with van der Waals surface area (Å²) in [4.78, 5) is 21.2. The van der Waals surface area contributed by atoms with Gasteiger partial charge in [-0.2, -0.15) is 0 Å². The minimum Gasteiger partial charge on any atom is -0.340 e. The highest BCUT2D eigenvalue weighted by molar-refractivity contribution is 6.04. The first kappa shape index (κ1) is 20.2. The number of halogens is 1. The van der Waals surface area contributed by atoms with Gasteiger partial charge in [-0.1, -0.05) is 29.8 Å². The number of aryl methyl sites for hydroxylation is 2. The van der Waals surface area contributed by atoms with Gasteiger partial charge in [-0.25, -0.2) is 14.4 Å². The Morgan fingerprint density at radius 3 is 2.48 bits per heavy atom. The molecule has 0 aliphatic rings. The van der Waals surface area contributed by atoms with Gasteiger partial charge in [-0.05, 0) is 67.9 Å². The maximum absolute atomic E-state index is 13.5. The summed E-state index contributed by atoms with van der Waals surface area (Å²) in [6.45, 7) is 3.98. The second kappa shape index (κ2) is 8.75. The van der Waals surface area contributed by atoms with E-state index in [2.05, 4.69) is 20.6 Å². The molecule has 0 saturated carbocycles. The SMILES string of the molecule is Cc1ccc(NC(=O)c2ccc(Nc3ccnc(-c4cccc(F)c4)n3)cc2)c(C)c1. The lowest BCUT2D eigenvalue weighted by Crippen LogP contribution is -2.12. The van der Waals surface area contributed by atoms with Crippen LogP contribution in [0.15, 0.2) is 79.0 Å². The highest BCUT2D eigenvalue weighted by Crippen LogP contribution is 2.21. The lowest BCUT2D eigenvalue weighted by atomic mass is 10.1. The zero-order chi connectivity index (χ0) is 21.8. The molecule has 0 fully saturated rings. The molecule has 1 amide bonds. The third kappa shape index (κ3) is 4.93. The fraction of sp³-hybridized carbons (Fsp3) is 0.0800. The molecule has 1 aromatic heterocycles. The summed E-state index contributed by atoms with van der Waals surface area (Å²) in [5.74, 6) is 0.485. The van der Waals surface area contributed by atoms with Crippen molar-refractivity contribution >= 4 is 23.1 Å². The second-order valence-electron chi connectivity index (χ2n) is 7.25. The van der Waals surface area contributed by atoms with E-state index in [1.165, 1.54) is 12.1 Å². The summed E-state index contributed by atoms with van der Waals surface area (Å²) in [6, 6.07) is 20.9. The van der Waals surface area contributed by atoms with Gasteiger partial charge in [0.1, 0.15) is 11.6 Å². The van der Waals surface area contributed by atoms with Crippen LogP contribution in [0, 0.1) is 19.7 Å². The maximum atomic E-state index is 13.5. The molecule has 31 heavy (non-hydrogen) atoms. The number of carbonyl (C=O) groups excluding carboxylic acids is 1. The monoisotopic (exact) mass is 412 g/mol. The molecular weight excluding hydrogens is 391 g/mol. The van der Waals surface area contributed by atoms with Gasteiger partial charge in [0, 0.05) is 28.7 Å². The average molecular weight is 412 g/mol. The Balaban J connectivity index is 1.46. The third-order valence-corrected chi connectivity index (χ3v) is 4.79. The van der Waals surface area contributed by atoms with Crippen LogP contribution in [-0.2, 0) is 0 Å². The lowest BCUT2D eigenvalue weighted by molar-refractivity contribution is 0.102. The normalized spacial score (nSPS) is 10.5. The first-order valence-corrected chi connectivity index (χ1v) is 9.82. The molecule has 4 rings (SSSR count). The van der Waals surface area contributed by atoms with E-state index in [0.717, 1.165) is 22.5 Å².